The Balaban J connectivity index is 1.55. The van der Waals surface area contributed by atoms with Crippen molar-refractivity contribution in [3.63, 3.8) is 0 Å². The normalized spacial score (nSPS) is 15.0. The van der Waals surface area contributed by atoms with Gasteiger partial charge in [-0.1, -0.05) is 11.6 Å². The van der Waals surface area contributed by atoms with Crippen molar-refractivity contribution in [2.24, 2.45) is 0 Å². The number of thiazole rings is 1. The third-order valence-corrected chi connectivity index (χ3v) is 10.5. The molecule has 0 spiro atoms. The predicted molar refractivity (Wildman–Crippen MR) is 138 cm³/mol. The minimum atomic E-state index is -3.99. The molecule has 1 aliphatic rings. The fraction of sp³-hybridized carbons (Fsp3) is 0.273. The van der Waals surface area contributed by atoms with Crippen LogP contribution < -0.4 is 10.0 Å². The van der Waals surface area contributed by atoms with E-state index in [-0.39, 0.29) is 38.5 Å². The van der Waals surface area contributed by atoms with E-state index in [0.717, 1.165) is 11.3 Å². The lowest BCUT2D eigenvalue weighted by molar-refractivity contribution is 0.0730. The van der Waals surface area contributed by atoms with Gasteiger partial charge in [-0.2, -0.15) is 4.31 Å². The highest BCUT2D eigenvalue weighted by atomic mass is 35.5. The average molecular weight is 571 g/mol. The number of aromatic nitrogens is 1. The number of nitrogens with zero attached hydrogens (tertiary/aromatic N) is 2. The molecule has 1 aromatic heterocycles. The maximum atomic E-state index is 13.1. The number of nitrogens with one attached hydrogen (secondary N) is 2. The average Bonchev–Trinajstić information content (AvgIpc) is 3.19. The van der Waals surface area contributed by atoms with Crippen LogP contribution in [-0.4, -0.2) is 58.3 Å². The third-order valence-electron chi connectivity index (χ3n) is 5.30. The summed E-state index contributed by atoms with van der Waals surface area (Å²) in [5, 5.41) is 3.49. The summed E-state index contributed by atoms with van der Waals surface area (Å²) < 4.78 is 60.5. The van der Waals surface area contributed by atoms with Crippen molar-refractivity contribution in [1.29, 1.82) is 0 Å². The highest BCUT2D eigenvalue weighted by molar-refractivity contribution is 7.94. The van der Waals surface area contributed by atoms with Crippen LogP contribution in [0.2, 0.25) is 5.02 Å². The highest BCUT2D eigenvalue weighted by Gasteiger charge is 2.27. The molecule has 14 heteroatoms. The molecule has 1 amide bonds. The molecule has 192 valence electrons. The van der Waals surface area contributed by atoms with Gasteiger partial charge in [-0.05, 0) is 56.3 Å². The standard InChI is InChI=1S/C22H23ClN4O6S3/c1-14-22(34-15(2)24-14)35(29,30)26-20-8-3-16(23)13-19(20)21(28)25-17-4-6-18(7-5-17)36(31,32)27-9-11-33-12-10-27/h3-8,13,26H,9-12H2,1-2H3,(H,25,28). The van der Waals surface area contributed by atoms with Crippen molar-refractivity contribution in [3.8, 4) is 0 Å². The van der Waals surface area contributed by atoms with Crippen molar-refractivity contribution in [3.05, 3.63) is 63.8 Å². The van der Waals surface area contributed by atoms with Gasteiger partial charge in [-0.15, -0.1) is 11.3 Å². The van der Waals surface area contributed by atoms with E-state index >= 15 is 0 Å². The van der Waals surface area contributed by atoms with Gasteiger partial charge in [0.05, 0.1) is 40.1 Å². The van der Waals surface area contributed by atoms with Gasteiger partial charge in [0.1, 0.15) is 0 Å². The number of carbonyl (C=O) groups excluding carboxylic acids is 1. The van der Waals surface area contributed by atoms with Crippen molar-refractivity contribution in [2.75, 3.05) is 36.3 Å². The van der Waals surface area contributed by atoms with Gasteiger partial charge < -0.3 is 10.1 Å². The predicted octanol–water partition coefficient (Wildman–Crippen LogP) is 3.49. The summed E-state index contributed by atoms with van der Waals surface area (Å²) >= 11 is 7.11. The Morgan fingerprint density at radius 2 is 1.72 bits per heavy atom. The van der Waals surface area contributed by atoms with Crippen LogP contribution >= 0.6 is 22.9 Å². The Kier molecular flexibility index (Phi) is 7.69. The summed E-state index contributed by atoms with van der Waals surface area (Å²) in [7, 11) is -7.67. The summed E-state index contributed by atoms with van der Waals surface area (Å²) in [4.78, 5) is 17.3. The minimum Gasteiger partial charge on any atom is -0.379 e. The maximum absolute atomic E-state index is 13.1. The number of hydrogen-bond acceptors (Lipinski definition) is 8. The topological polar surface area (TPSA) is 135 Å². The first-order valence-corrected chi connectivity index (χ1v) is 14.8. The molecular weight excluding hydrogens is 548 g/mol. The number of rotatable bonds is 7. The van der Waals surface area contributed by atoms with Crippen LogP contribution in [0.5, 0.6) is 0 Å². The van der Waals surface area contributed by atoms with Gasteiger partial charge in [-0.3, -0.25) is 9.52 Å². The Hall–Kier alpha value is -2.55. The number of benzene rings is 2. The van der Waals surface area contributed by atoms with Gasteiger partial charge in [-0.25, -0.2) is 21.8 Å². The molecule has 0 atom stereocenters. The van der Waals surface area contributed by atoms with Crippen LogP contribution in [0.25, 0.3) is 0 Å². The van der Waals surface area contributed by atoms with E-state index < -0.39 is 26.0 Å². The summed E-state index contributed by atoms with van der Waals surface area (Å²) in [5.74, 6) is -0.629. The van der Waals surface area contributed by atoms with E-state index in [9.17, 15) is 21.6 Å². The van der Waals surface area contributed by atoms with Crippen molar-refractivity contribution < 1.29 is 26.4 Å². The Bertz CT molecular complexity index is 1500. The van der Waals surface area contributed by atoms with Crippen LogP contribution in [0, 0.1) is 13.8 Å². The Morgan fingerprint density at radius 3 is 2.33 bits per heavy atom. The second-order valence-corrected chi connectivity index (χ2v) is 13.4. The Labute approximate surface area is 218 Å². The molecule has 1 saturated heterocycles. The molecule has 0 unspecified atom stereocenters. The number of amides is 1. The van der Waals surface area contributed by atoms with Crippen LogP contribution in [0.4, 0.5) is 11.4 Å². The van der Waals surface area contributed by atoms with E-state index in [1.165, 1.54) is 46.8 Å². The minimum absolute atomic E-state index is 0.00465. The smallest absolute Gasteiger partial charge is 0.273 e. The highest BCUT2D eigenvalue weighted by Crippen LogP contribution is 2.29. The first-order chi connectivity index (χ1) is 17.0. The lowest BCUT2D eigenvalue weighted by atomic mass is 10.1. The van der Waals surface area contributed by atoms with Gasteiger partial charge >= 0.3 is 0 Å². The second-order valence-electron chi connectivity index (χ2n) is 7.90. The van der Waals surface area contributed by atoms with Crippen molar-refractivity contribution >= 4 is 60.3 Å². The van der Waals surface area contributed by atoms with Crippen LogP contribution in [0.3, 0.4) is 0 Å². The van der Waals surface area contributed by atoms with E-state index in [4.69, 9.17) is 16.3 Å². The van der Waals surface area contributed by atoms with E-state index in [1.807, 2.05) is 0 Å². The fourth-order valence-electron chi connectivity index (χ4n) is 3.59. The summed E-state index contributed by atoms with van der Waals surface area (Å²) in [5.41, 5.74) is 0.713. The molecule has 3 aromatic rings. The molecule has 1 aliphatic heterocycles. The van der Waals surface area contributed by atoms with Crippen molar-refractivity contribution in [1.82, 2.24) is 9.29 Å². The molecule has 2 aromatic carbocycles. The van der Waals surface area contributed by atoms with Gasteiger partial charge in [0.2, 0.25) is 10.0 Å². The monoisotopic (exact) mass is 570 g/mol. The van der Waals surface area contributed by atoms with Crippen LogP contribution in [0.1, 0.15) is 21.1 Å². The van der Waals surface area contributed by atoms with Gasteiger partial charge in [0.15, 0.2) is 4.21 Å². The summed E-state index contributed by atoms with van der Waals surface area (Å²) in [6.45, 7) is 4.51. The maximum Gasteiger partial charge on any atom is 0.273 e. The van der Waals surface area contributed by atoms with Gasteiger partial charge in [0.25, 0.3) is 15.9 Å². The van der Waals surface area contributed by atoms with E-state index in [0.29, 0.717) is 29.6 Å². The molecule has 0 saturated carbocycles. The number of ether oxygens (including phenoxy) is 1. The van der Waals surface area contributed by atoms with Crippen LogP contribution in [-0.2, 0) is 24.8 Å². The third kappa shape index (κ3) is 5.71. The SMILES string of the molecule is Cc1nc(C)c(S(=O)(=O)Nc2ccc(Cl)cc2C(=O)Nc2ccc(S(=O)(=O)N3CCOCC3)cc2)s1. The zero-order valence-corrected chi connectivity index (χ0v) is 22.5. The second kappa shape index (κ2) is 10.4. The number of sulfonamides is 2. The van der Waals surface area contributed by atoms with Gasteiger partial charge in [0, 0.05) is 23.8 Å². The number of aryl methyl sites for hydroxylation is 2. The lowest BCUT2D eigenvalue weighted by Crippen LogP contribution is -2.40. The molecule has 0 bridgehead atoms. The number of carbonyl (C=O) groups is 1. The molecule has 0 radical (unpaired) electrons. The molecule has 0 aliphatic carbocycles. The fourth-order valence-corrected chi connectivity index (χ4v) is 7.74. The lowest BCUT2D eigenvalue weighted by Gasteiger charge is -2.26. The summed E-state index contributed by atoms with van der Waals surface area (Å²) in [6.07, 6.45) is 0. The molecule has 36 heavy (non-hydrogen) atoms. The zero-order chi connectivity index (χ0) is 26.1. The number of halogens is 1. The first kappa shape index (κ1) is 26.5. The summed E-state index contributed by atoms with van der Waals surface area (Å²) in [6, 6.07) is 9.93. The quantitative estimate of drug-likeness (QED) is 0.444. The molecule has 2 heterocycles. The molecule has 10 nitrogen and oxygen atoms in total. The van der Waals surface area contributed by atoms with Crippen LogP contribution in [0.15, 0.2) is 51.6 Å². The number of hydrogen-bond donors (Lipinski definition) is 2. The van der Waals surface area contributed by atoms with E-state index in [2.05, 4.69) is 15.0 Å². The number of morpholine rings is 1. The van der Waals surface area contributed by atoms with E-state index in [1.54, 1.807) is 13.8 Å². The number of anilines is 2. The molecule has 1 fully saturated rings. The molecular formula is C22H23ClN4O6S3. The molecule has 4 rings (SSSR count). The first-order valence-electron chi connectivity index (χ1n) is 10.7. The zero-order valence-electron chi connectivity index (χ0n) is 19.3. The Morgan fingerprint density at radius 1 is 1.06 bits per heavy atom. The largest absolute Gasteiger partial charge is 0.379 e. The molecule has 2 N–H and O–H groups in total. The van der Waals surface area contributed by atoms with Crippen molar-refractivity contribution in [2.45, 2.75) is 23.0 Å².